The maximum atomic E-state index is 12.3. The number of hydrogen-bond acceptors (Lipinski definition) is 4. The molecule has 0 aliphatic carbocycles. The van der Waals surface area contributed by atoms with Crippen molar-refractivity contribution in [1.29, 1.82) is 0 Å². The SMILES string of the molecule is CCNc1ncccc1C(=O)Nc1c(C)n[nH]c1C. The van der Waals surface area contributed by atoms with Crippen LogP contribution in [0.2, 0.25) is 0 Å². The van der Waals surface area contributed by atoms with Gasteiger partial charge in [-0.2, -0.15) is 5.10 Å². The van der Waals surface area contributed by atoms with E-state index in [1.165, 1.54) is 0 Å². The first-order valence-electron chi connectivity index (χ1n) is 6.15. The fourth-order valence-corrected chi connectivity index (χ4v) is 1.81. The summed E-state index contributed by atoms with van der Waals surface area (Å²) in [4.78, 5) is 16.4. The summed E-state index contributed by atoms with van der Waals surface area (Å²) >= 11 is 0. The molecule has 2 aromatic heterocycles. The Hall–Kier alpha value is -2.37. The van der Waals surface area contributed by atoms with Gasteiger partial charge in [-0.05, 0) is 32.9 Å². The number of nitrogens with one attached hydrogen (secondary N) is 3. The largest absolute Gasteiger partial charge is 0.370 e. The molecular weight excluding hydrogens is 242 g/mol. The minimum absolute atomic E-state index is 0.198. The number of hydrogen-bond donors (Lipinski definition) is 3. The summed E-state index contributed by atoms with van der Waals surface area (Å²) in [6.07, 6.45) is 1.66. The van der Waals surface area contributed by atoms with E-state index in [1.807, 2.05) is 20.8 Å². The van der Waals surface area contributed by atoms with Crippen molar-refractivity contribution in [3.8, 4) is 0 Å². The molecule has 6 nitrogen and oxygen atoms in total. The van der Waals surface area contributed by atoms with E-state index in [0.29, 0.717) is 17.9 Å². The van der Waals surface area contributed by atoms with Crippen molar-refractivity contribution >= 4 is 17.4 Å². The molecule has 2 rings (SSSR count). The number of rotatable bonds is 4. The molecule has 0 fully saturated rings. The second-order valence-corrected chi connectivity index (χ2v) is 4.19. The van der Waals surface area contributed by atoms with E-state index in [2.05, 4.69) is 25.8 Å². The maximum Gasteiger partial charge on any atom is 0.259 e. The highest BCUT2D eigenvalue weighted by Gasteiger charge is 2.15. The number of pyridine rings is 1. The lowest BCUT2D eigenvalue weighted by Crippen LogP contribution is -2.16. The highest BCUT2D eigenvalue weighted by Crippen LogP contribution is 2.19. The monoisotopic (exact) mass is 259 g/mol. The molecule has 0 aromatic carbocycles. The first kappa shape index (κ1) is 13.1. The number of nitrogens with zero attached hydrogens (tertiary/aromatic N) is 2. The zero-order valence-electron chi connectivity index (χ0n) is 11.2. The molecule has 1 amide bonds. The van der Waals surface area contributed by atoms with Crippen molar-refractivity contribution in [3.63, 3.8) is 0 Å². The van der Waals surface area contributed by atoms with Gasteiger partial charge in [-0.3, -0.25) is 9.89 Å². The molecule has 19 heavy (non-hydrogen) atoms. The predicted octanol–water partition coefficient (Wildman–Crippen LogP) is 2.11. The van der Waals surface area contributed by atoms with Crippen LogP contribution in [0.25, 0.3) is 0 Å². The number of H-pyrrole nitrogens is 1. The highest BCUT2D eigenvalue weighted by atomic mass is 16.1. The average molecular weight is 259 g/mol. The van der Waals surface area contributed by atoms with Crippen molar-refractivity contribution in [2.24, 2.45) is 0 Å². The van der Waals surface area contributed by atoms with Crippen LogP contribution in [0.4, 0.5) is 11.5 Å². The van der Waals surface area contributed by atoms with Gasteiger partial charge in [0.05, 0.1) is 22.6 Å². The van der Waals surface area contributed by atoms with Crippen LogP contribution >= 0.6 is 0 Å². The van der Waals surface area contributed by atoms with Gasteiger partial charge in [0, 0.05) is 12.7 Å². The molecule has 0 radical (unpaired) electrons. The Bertz CT molecular complexity index is 571. The van der Waals surface area contributed by atoms with Gasteiger partial charge in [-0.1, -0.05) is 0 Å². The van der Waals surface area contributed by atoms with Crippen LogP contribution in [0.5, 0.6) is 0 Å². The molecule has 0 unspecified atom stereocenters. The number of aryl methyl sites for hydroxylation is 2. The van der Waals surface area contributed by atoms with E-state index in [-0.39, 0.29) is 5.91 Å². The van der Waals surface area contributed by atoms with E-state index in [9.17, 15) is 4.79 Å². The fourth-order valence-electron chi connectivity index (χ4n) is 1.81. The number of amides is 1. The Morgan fingerprint density at radius 2 is 2.21 bits per heavy atom. The number of carbonyl (C=O) groups excluding carboxylic acids is 1. The second kappa shape index (κ2) is 5.51. The van der Waals surface area contributed by atoms with Gasteiger partial charge in [0.25, 0.3) is 5.91 Å². The molecular formula is C13H17N5O. The number of aromatic amines is 1. The molecule has 6 heteroatoms. The summed E-state index contributed by atoms with van der Waals surface area (Å²) in [5, 5.41) is 12.8. The minimum atomic E-state index is -0.198. The van der Waals surface area contributed by atoms with Crippen LogP contribution in [-0.4, -0.2) is 27.6 Å². The van der Waals surface area contributed by atoms with E-state index in [0.717, 1.165) is 17.1 Å². The summed E-state index contributed by atoms with van der Waals surface area (Å²) in [5.41, 5.74) is 2.83. The second-order valence-electron chi connectivity index (χ2n) is 4.19. The molecule has 0 spiro atoms. The van der Waals surface area contributed by atoms with E-state index in [4.69, 9.17) is 0 Å². The minimum Gasteiger partial charge on any atom is -0.370 e. The zero-order chi connectivity index (χ0) is 13.8. The van der Waals surface area contributed by atoms with Crippen molar-refractivity contribution in [2.45, 2.75) is 20.8 Å². The topological polar surface area (TPSA) is 82.7 Å². The van der Waals surface area contributed by atoms with Crippen LogP contribution in [0.15, 0.2) is 18.3 Å². The molecule has 3 N–H and O–H groups in total. The Labute approximate surface area is 111 Å². The Morgan fingerprint density at radius 1 is 1.42 bits per heavy atom. The molecule has 0 bridgehead atoms. The van der Waals surface area contributed by atoms with Gasteiger partial charge in [0.2, 0.25) is 0 Å². The molecule has 2 aromatic rings. The summed E-state index contributed by atoms with van der Waals surface area (Å²) in [5.74, 6) is 0.387. The molecule has 0 atom stereocenters. The molecule has 0 saturated heterocycles. The summed E-state index contributed by atoms with van der Waals surface area (Å²) in [6.45, 7) is 6.37. The lowest BCUT2D eigenvalue weighted by atomic mass is 10.2. The highest BCUT2D eigenvalue weighted by molar-refractivity contribution is 6.07. The fraction of sp³-hybridized carbons (Fsp3) is 0.308. The van der Waals surface area contributed by atoms with Crippen LogP contribution in [0, 0.1) is 13.8 Å². The first-order valence-corrected chi connectivity index (χ1v) is 6.15. The van der Waals surface area contributed by atoms with Crippen molar-refractivity contribution in [1.82, 2.24) is 15.2 Å². The third kappa shape index (κ3) is 2.73. The van der Waals surface area contributed by atoms with Crippen molar-refractivity contribution in [3.05, 3.63) is 35.3 Å². The van der Waals surface area contributed by atoms with Crippen LogP contribution in [0.3, 0.4) is 0 Å². The van der Waals surface area contributed by atoms with Gasteiger partial charge in [0.1, 0.15) is 5.82 Å². The lowest BCUT2D eigenvalue weighted by Gasteiger charge is -2.09. The third-order valence-electron chi connectivity index (χ3n) is 2.76. The van der Waals surface area contributed by atoms with Crippen LogP contribution in [-0.2, 0) is 0 Å². The van der Waals surface area contributed by atoms with Crippen molar-refractivity contribution < 1.29 is 4.79 Å². The normalized spacial score (nSPS) is 10.3. The number of aromatic nitrogens is 3. The molecule has 2 heterocycles. The van der Waals surface area contributed by atoms with Crippen LogP contribution < -0.4 is 10.6 Å². The van der Waals surface area contributed by atoms with Gasteiger partial charge in [-0.25, -0.2) is 4.98 Å². The van der Waals surface area contributed by atoms with Gasteiger partial charge in [0.15, 0.2) is 0 Å². The summed E-state index contributed by atoms with van der Waals surface area (Å²) in [6, 6.07) is 3.48. The van der Waals surface area contributed by atoms with E-state index >= 15 is 0 Å². The Morgan fingerprint density at radius 3 is 2.84 bits per heavy atom. The van der Waals surface area contributed by atoms with E-state index in [1.54, 1.807) is 18.3 Å². The zero-order valence-corrected chi connectivity index (χ0v) is 11.2. The van der Waals surface area contributed by atoms with Gasteiger partial charge >= 0.3 is 0 Å². The molecule has 0 aliphatic heterocycles. The third-order valence-corrected chi connectivity index (χ3v) is 2.76. The maximum absolute atomic E-state index is 12.3. The quantitative estimate of drug-likeness (QED) is 0.785. The Balaban J connectivity index is 2.25. The lowest BCUT2D eigenvalue weighted by molar-refractivity contribution is 0.102. The molecule has 0 aliphatic rings. The summed E-state index contributed by atoms with van der Waals surface area (Å²) < 4.78 is 0. The smallest absolute Gasteiger partial charge is 0.259 e. The predicted molar refractivity (Wildman–Crippen MR) is 74.4 cm³/mol. The van der Waals surface area contributed by atoms with Gasteiger partial charge < -0.3 is 10.6 Å². The number of anilines is 2. The molecule has 100 valence electrons. The van der Waals surface area contributed by atoms with Crippen molar-refractivity contribution in [2.75, 3.05) is 17.2 Å². The number of carbonyl (C=O) groups is 1. The van der Waals surface area contributed by atoms with Gasteiger partial charge in [-0.15, -0.1) is 0 Å². The summed E-state index contributed by atoms with van der Waals surface area (Å²) in [7, 11) is 0. The van der Waals surface area contributed by atoms with Crippen LogP contribution in [0.1, 0.15) is 28.7 Å². The first-order chi connectivity index (χ1) is 9.13. The molecule has 0 saturated carbocycles. The van der Waals surface area contributed by atoms with E-state index < -0.39 is 0 Å². The standard InChI is InChI=1S/C13H17N5O/c1-4-14-12-10(6-5-7-15-12)13(19)16-11-8(2)17-18-9(11)3/h5-7H,4H2,1-3H3,(H,14,15)(H,16,19)(H,17,18). The average Bonchev–Trinajstić information content (AvgIpc) is 2.71. The Kier molecular flexibility index (Phi) is 3.79.